The molecule has 0 aliphatic rings. The fraction of sp³-hybridized carbons (Fsp3) is 0.500. The van der Waals surface area contributed by atoms with Gasteiger partial charge >= 0.3 is 15.2 Å². The van der Waals surface area contributed by atoms with Crippen LogP contribution in [0.3, 0.4) is 0 Å². The first kappa shape index (κ1) is 13.0. The van der Waals surface area contributed by atoms with E-state index >= 15 is 0 Å². The maximum absolute atomic E-state index is 10.5. The Morgan fingerprint density at radius 3 is 1.62 bits per heavy atom. The van der Waals surface area contributed by atoms with Gasteiger partial charge in [0.25, 0.3) is 0 Å². The standard InChI is InChI=1S/C2H8N2O6P2S/c3-1(13)4-2(11(5,6)7)12(8,9)10/h2H,(H3,3,4,13)(H2,5,6,7)(H2,8,9,10). The number of hydrogen-bond donors (Lipinski definition) is 6. The quantitative estimate of drug-likeness (QED) is 0.258. The van der Waals surface area contributed by atoms with Crippen LogP contribution in [0.2, 0.25) is 0 Å². The van der Waals surface area contributed by atoms with E-state index in [1.807, 2.05) is 0 Å². The molecule has 0 amide bonds. The Balaban J connectivity index is 4.90. The molecular weight excluding hydrogens is 242 g/mol. The van der Waals surface area contributed by atoms with Crippen molar-refractivity contribution in [1.29, 1.82) is 0 Å². The Morgan fingerprint density at radius 1 is 1.23 bits per heavy atom. The molecule has 0 atom stereocenters. The van der Waals surface area contributed by atoms with Crippen LogP contribution in [0, 0.1) is 0 Å². The third-order valence-corrected chi connectivity index (χ3v) is 4.36. The molecule has 0 saturated carbocycles. The molecule has 8 nitrogen and oxygen atoms in total. The van der Waals surface area contributed by atoms with Crippen molar-refractivity contribution in [3.05, 3.63) is 0 Å². The summed E-state index contributed by atoms with van der Waals surface area (Å²) in [6.45, 7) is 0. The molecule has 0 radical (unpaired) electrons. The maximum atomic E-state index is 10.5. The van der Waals surface area contributed by atoms with E-state index in [0.717, 1.165) is 0 Å². The number of nitrogens with one attached hydrogen (secondary N) is 1. The van der Waals surface area contributed by atoms with Gasteiger partial charge in [0.2, 0.25) is 5.52 Å². The van der Waals surface area contributed by atoms with E-state index in [-0.39, 0.29) is 0 Å². The smallest absolute Gasteiger partial charge is 0.360 e. The molecule has 0 unspecified atom stereocenters. The van der Waals surface area contributed by atoms with Gasteiger partial charge in [-0.3, -0.25) is 9.13 Å². The van der Waals surface area contributed by atoms with Gasteiger partial charge < -0.3 is 30.6 Å². The van der Waals surface area contributed by atoms with Gasteiger partial charge in [0, 0.05) is 0 Å². The molecule has 11 heteroatoms. The first-order valence-electron chi connectivity index (χ1n) is 2.71. The fourth-order valence-corrected chi connectivity index (χ4v) is 2.97. The normalized spacial score (nSPS) is 13.0. The second-order valence-electron chi connectivity index (χ2n) is 2.06. The summed E-state index contributed by atoms with van der Waals surface area (Å²) in [5.74, 6) is 0. The molecule has 0 heterocycles. The minimum atomic E-state index is -4.99. The Morgan fingerprint density at radius 2 is 1.54 bits per heavy atom. The van der Waals surface area contributed by atoms with Crippen molar-refractivity contribution in [2.75, 3.05) is 0 Å². The van der Waals surface area contributed by atoms with Gasteiger partial charge in [-0.25, -0.2) is 0 Å². The van der Waals surface area contributed by atoms with Gasteiger partial charge in [0.15, 0.2) is 5.11 Å². The van der Waals surface area contributed by atoms with Crippen LogP contribution in [-0.2, 0) is 9.13 Å². The lowest BCUT2D eigenvalue weighted by Gasteiger charge is -2.20. The number of thiocarbonyl (C=S) groups is 1. The molecule has 0 bridgehead atoms. The van der Waals surface area contributed by atoms with Crippen LogP contribution in [-0.4, -0.2) is 30.2 Å². The lowest BCUT2D eigenvalue weighted by atomic mass is 11.1. The van der Waals surface area contributed by atoms with Gasteiger partial charge in [-0.1, -0.05) is 0 Å². The first-order valence-corrected chi connectivity index (χ1v) is 6.48. The average Bonchev–Trinajstić information content (AvgIpc) is 1.77. The van der Waals surface area contributed by atoms with Crippen LogP contribution in [0.4, 0.5) is 0 Å². The highest BCUT2D eigenvalue weighted by atomic mass is 32.1. The van der Waals surface area contributed by atoms with Gasteiger partial charge in [0.1, 0.15) is 0 Å². The van der Waals surface area contributed by atoms with Crippen LogP contribution < -0.4 is 11.1 Å². The summed E-state index contributed by atoms with van der Waals surface area (Å²) in [6, 6.07) is 0. The van der Waals surface area contributed by atoms with E-state index in [0.29, 0.717) is 0 Å². The van der Waals surface area contributed by atoms with E-state index in [9.17, 15) is 9.13 Å². The summed E-state index contributed by atoms with van der Waals surface area (Å²) in [7, 11) is -9.99. The van der Waals surface area contributed by atoms with Crippen molar-refractivity contribution >= 4 is 32.5 Å². The Hall–Kier alpha value is -0.0100. The zero-order valence-electron chi connectivity index (χ0n) is 6.06. The molecule has 78 valence electrons. The minimum absolute atomic E-state index is 0.600. The molecule has 0 aromatic rings. The van der Waals surface area contributed by atoms with Gasteiger partial charge in [-0.2, -0.15) is 0 Å². The average molecular weight is 250 g/mol. The third kappa shape index (κ3) is 4.68. The Bertz CT molecular complexity index is 271. The van der Waals surface area contributed by atoms with Crippen molar-refractivity contribution in [2.45, 2.75) is 5.52 Å². The summed E-state index contributed by atoms with van der Waals surface area (Å²) in [4.78, 5) is 34.0. The lowest BCUT2D eigenvalue weighted by molar-refractivity contribution is 0.335. The Kier molecular flexibility index (Phi) is 4.01. The molecule has 0 spiro atoms. The Labute approximate surface area is 78.5 Å². The summed E-state index contributed by atoms with van der Waals surface area (Å²) in [5, 5.41) is 1.04. The van der Waals surface area contributed by atoms with Crippen LogP contribution in [0.5, 0.6) is 0 Å². The molecule has 13 heavy (non-hydrogen) atoms. The molecule has 0 aromatic heterocycles. The summed E-state index contributed by atoms with van der Waals surface area (Å²) in [6.07, 6.45) is 0. The van der Waals surface area contributed by atoms with Gasteiger partial charge in [0.05, 0.1) is 0 Å². The topological polar surface area (TPSA) is 153 Å². The molecular formula is C2H8N2O6P2S. The van der Waals surface area contributed by atoms with Crippen molar-refractivity contribution in [1.82, 2.24) is 5.32 Å². The van der Waals surface area contributed by atoms with Crippen LogP contribution >= 0.6 is 27.4 Å². The minimum Gasteiger partial charge on any atom is -0.376 e. The molecule has 0 aliphatic heterocycles. The summed E-state index contributed by atoms with van der Waals surface area (Å²) >= 11 is 4.19. The first-order chi connectivity index (χ1) is 5.55. The highest BCUT2D eigenvalue weighted by Crippen LogP contribution is 2.58. The van der Waals surface area contributed by atoms with E-state index < -0.39 is 25.8 Å². The van der Waals surface area contributed by atoms with Crippen molar-refractivity contribution in [3.63, 3.8) is 0 Å². The largest absolute Gasteiger partial charge is 0.376 e. The van der Waals surface area contributed by atoms with E-state index in [2.05, 4.69) is 12.2 Å². The molecule has 7 N–H and O–H groups in total. The molecule has 0 saturated heterocycles. The van der Waals surface area contributed by atoms with Crippen molar-refractivity contribution in [3.8, 4) is 0 Å². The predicted molar refractivity (Wildman–Crippen MR) is 47.8 cm³/mol. The second kappa shape index (κ2) is 4.02. The number of hydrogen-bond acceptors (Lipinski definition) is 3. The predicted octanol–water partition coefficient (Wildman–Crippen LogP) is -1.54. The van der Waals surface area contributed by atoms with Crippen LogP contribution in [0.15, 0.2) is 0 Å². The summed E-state index contributed by atoms with van der Waals surface area (Å²) < 4.78 is 21.1. The molecule has 0 fully saturated rings. The molecule has 0 aromatic carbocycles. The van der Waals surface area contributed by atoms with Gasteiger partial charge in [-0.05, 0) is 12.2 Å². The van der Waals surface area contributed by atoms with E-state index in [1.54, 1.807) is 5.32 Å². The third-order valence-electron chi connectivity index (χ3n) is 0.909. The zero-order valence-corrected chi connectivity index (χ0v) is 8.67. The lowest BCUT2D eigenvalue weighted by Crippen LogP contribution is -2.38. The maximum Gasteiger partial charge on any atom is 0.360 e. The van der Waals surface area contributed by atoms with Crippen LogP contribution in [0.25, 0.3) is 0 Å². The number of rotatable bonds is 3. The molecule has 0 rings (SSSR count). The van der Waals surface area contributed by atoms with Crippen molar-refractivity contribution < 1.29 is 28.7 Å². The highest BCUT2D eigenvalue weighted by molar-refractivity contribution is 7.80. The van der Waals surface area contributed by atoms with Crippen molar-refractivity contribution in [2.24, 2.45) is 5.73 Å². The summed E-state index contributed by atoms with van der Waals surface area (Å²) in [5.41, 5.74) is 2.44. The van der Waals surface area contributed by atoms with Gasteiger partial charge in [-0.15, -0.1) is 0 Å². The highest BCUT2D eigenvalue weighted by Gasteiger charge is 2.43. The molecule has 0 aliphatic carbocycles. The van der Waals surface area contributed by atoms with E-state index in [4.69, 9.17) is 25.3 Å². The monoisotopic (exact) mass is 250 g/mol. The zero-order chi connectivity index (χ0) is 10.9. The fourth-order valence-electron chi connectivity index (χ4n) is 0.491. The SMILES string of the molecule is NC(=S)NC(P(=O)(O)O)P(=O)(O)O. The van der Waals surface area contributed by atoms with Crippen LogP contribution in [0.1, 0.15) is 0 Å². The van der Waals surface area contributed by atoms with E-state index in [1.165, 1.54) is 0 Å². The number of nitrogens with two attached hydrogens (primary N) is 1. The second-order valence-corrected chi connectivity index (χ2v) is 6.30.